The predicted molar refractivity (Wildman–Crippen MR) is 74.8 cm³/mol. The molecular formula is C11H13N3O4S2. The van der Waals surface area contributed by atoms with Gasteiger partial charge in [0.05, 0.1) is 0 Å². The van der Waals surface area contributed by atoms with Crippen molar-refractivity contribution in [2.24, 2.45) is 0 Å². The highest BCUT2D eigenvalue weighted by atomic mass is 32.2. The van der Waals surface area contributed by atoms with Crippen LogP contribution in [0.25, 0.3) is 0 Å². The molecule has 2 aromatic rings. The molecule has 0 aliphatic carbocycles. The Hall–Kier alpha value is -1.87. The number of carboxylic acids is 1. The summed E-state index contributed by atoms with van der Waals surface area (Å²) in [4.78, 5) is 11.0. The van der Waals surface area contributed by atoms with Crippen LogP contribution in [0.5, 0.6) is 0 Å². The number of anilines is 1. The number of sulfonamides is 1. The molecule has 0 atom stereocenters. The van der Waals surface area contributed by atoms with Crippen LogP contribution in [0.4, 0.5) is 5.82 Å². The monoisotopic (exact) mass is 315 g/mol. The molecule has 2 aromatic heterocycles. The van der Waals surface area contributed by atoms with Crippen LogP contribution in [0.15, 0.2) is 16.3 Å². The number of aromatic carboxylic acids is 1. The van der Waals surface area contributed by atoms with Crippen LogP contribution < -0.4 is 4.72 Å². The minimum atomic E-state index is -3.82. The molecule has 0 radical (unpaired) electrons. The molecule has 0 unspecified atom stereocenters. The number of aryl methyl sites for hydroxylation is 2. The van der Waals surface area contributed by atoms with Gasteiger partial charge in [-0.3, -0.25) is 9.82 Å². The van der Waals surface area contributed by atoms with Crippen LogP contribution in [0.2, 0.25) is 0 Å². The molecule has 0 aromatic carbocycles. The van der Waals surface area contributed by atoms with Crippen molar-refractivity contribution in [3.63, 3.8) is 0 Å². The maximum Gasteiger partial charge on any atom is 0.346 e. The molecule has 108 valence electrons. The molecule has 20 heavy (non-hydrogen) atoms. The number of rotatable bonds is 5. The van der Waals surface area contributed by atoms with Crippen molar-refractivity contribution >= 4 is 33.1 Å². The van der Waals surface area contributed by atoms with Gasteiger partial charge in [0, 0.05) is 11.8 Å². The summed E-state index contributed by atoms with van der Waals surface area (Å²) in [6, 6.07) is 2.93. The van der Waals surface area contributed by atoms with Gasteiger partial charge in [-0.1, -0.05) is 6.92 Å². The topological polar surface area (TPSA) is 112 Å². The van der Waals surface area contributed by atoms with E-state index >= 15 is 0 Å². The Morgan fingerprint density at radius 1 is 1.50 bits per heavy atom. The van der Waals surface area contributed by atoms with E-state index in [-0.39, 0.29) is 14.9 Å². The SMILES string of the molecule is CCc1cc(NS(=O)(=O)c2cc(C)c(C(=O)O)s2)n[nH]1. The Morgan fingerprint density at radius 3 is 2.70 bits per heavy atom. The second-order valence-electron chi connectivity index (χ2n) is 4.12. The zero-order valence-electron chi connectivity index (χ0n) is 10.8. The fourth-order valence-corrected chi connectivity index (χ4v) is 3.95. The molecular weight excluding hydrogens is 302 g/mol. The molecule has 0 amide bonds. The minimum Gasteiger partial charge on any atom is -0.477 e. The van der Waals surface area contributed by atoms with Gasteiger partial charge in [-0.2, -0.15) is 5.10 Å². The van der Waals surface area contributed by atoms with E-state index in [1.165, 1.54) is 6.07 Å². The number of aromatic nitrogens is 2. The first-order valence-electron chi connectivity index (χ1n) is 5.74. The highest BCUT2D eigenvalue weighted by Crippen LogP contribution is 2.27. The summed E-state index contributed by atoms with van der Waals surface area (Å²) in [7, 11) is -3.82. The van der Waals surface area contributed by atoms with Crippen LogP contribution in [-0.2, 0) is 16.4 Å². The van der Waals surface area contributed by atoms with Crippen molar-refractivity contribution in [2.45, 2.75) is 24.5 Å². The first kappa shape index (κ1) is 14.5. The lowest BCUT2D eigenvalue weighted by Crippen LogP contribution is -2.11. The number of carbonyl (C=O) groups is 1. The summed E-state index contributed by atoms with van der Waals surface area (Å²) in [5, 5.41) is 15.5. The van der Waals surface area contributed by atoms with Crippen LogP contribution in [0.3, 0.4) is 0 Å². The Kier molecular flexibility index (Phi) is 3.82. The maximum atomic E-state index is 12.1. The molecule has 0 saturated heterocycles. The molecule has 0 saturated carbocycles. The molecule has 7 nitrogen and oxygen atoms in total. The number of H-pyrrole nitrogens is 1. The fraction of sp³-hybridized carbons (Fsp3) is 0.273. The quantitative estimate of drug-likeness (QED) is 0.779. The van der Waals surface area contributed by atoms with E-state index in [4.69, 9.17) is 5.11 Å². The average molecular weight is 315 g/mol. The van der Waals surface area contributed by atoms with E-state index in [1.54, 1.807) is 13.0 Å². The molecule has 2 rings (SSSR count). The van der Waals surface area contributed by atoms with Gasteiger partial charge in [0.15, 0.2) is 5.82 Å². The van der Waals surface area contributed by atoms with Crippen molar-refractivity contribution in [3.05, 3.63) is 28.3 Å². The Morgan fingerprint density at radius 2 is 2.20 bits per heavy atom. The van der Waals surface area contributed by atoms with Crippen LogP contribution in [0, 0.1) is 6.92 Å². The zero-order chi connectivity index (χ0) is 14.9. The lowest BCUT2D eigenvalue weighted by atomic mass is 10.3. The number of hydrogen-bond donors (Lipinski definition) is 3. The number of carboxylic acid groups (broad SMARTS) is 1. The van der Waals surface area contributed by atoms with Gasteiger partial charge in [0.1, 0.15) is 9.09 Å². The first-order valence-corrected chi connectivity index (χ1v) is 8.04. The minimum absolute atomic E-state index is 0.0154. The lowest BCUT2D eigenvalue weighted by Gasteiger charge is -2.01. The number of aromatic amines is 1. The van der Waals surface area contributed by atoms with E-state index in [2.05, 4.69) is 14.9 Å². The normalized spacial score (nSPS) is 11.5. The fourth-order valence-electron chi connectivity index (χ4n) is 1.58. The van der Waals surface area contributed by atoms with Crippen LogP contribution in [-0.4, -0.2) is 29.7 Å². The summed E-state index contributed by atoms with van der Waals surface area (Å²) >= 11 is 0.718. The number of nitrogens with zero attached hydrogens (tertiary/aromatic N) is 1. The van der Waals surface area contributed by atoms with Gasteiger partial charge in [-0.25, -0.2) is 13.2 Å². The number of hydrogen-bond acceptors (Lipinski definition) is 5. The van der Waals surface area contributed by atoms with Gasteiger partial charge in [0.2, 0.25) is 0 Å². The van der Waals surface area contributed by atoms with Crippen molar-refractivity contribution in [1.82, 2.24) is 10.2 Å². The van der Waals surface area contributed by atoms with Crippen molar-refractivity contribution < 1.29 is 18.3 Å². The van der Waals surface area contributed by atoms with Crippen LogP contribution in [0.1, 0.15) is 27.9 Å². The molecule has 0 aliphatic rings. The second-order valence-corrected chi connectivity index (χ2v) is 7.08. The van der Waals surface area contributed by atoms with Gasteiger partial charge in [0.25, 0.3) is 10.0 Å². The lowest BCUT2D eigenvalue weighted by molar-refractivity contribution is 0.0701. The third kappa shape index (κ3) is 2.83. The standard InChI is InChI=1S/C11H13N3O4S2/c1-3-7-5-8(13-12-7)14-20(17,18)9-4-6(2)10(19-9)11(15)16/h4-5H,3H2,1-2H3,(H,15,16)(H2,12,13,14). The van der Waals surface area contributed by atoms with Gasteiger partial charge >= 0.3 is 5.97 Å². The molecule has 2 heterocycles. The smallest absolute Gasteiger partial charge is 0.346 e. The molecule has 0 fully saturated rings. The highest BCUT2D eigenvalue weighted by molar-refractivity contribution is 7.94. The van der Waals surface area contributed by atoms with Crippen molar-refractivity contribution in [2.75, 3.05) is 4.72 Å². The largest absolute Gasteiger partial charge is 0.477 e. The molecule has 0 bridgehead atoms. The Labute approximate surface area is 119 Å². The van der Waals surface area contributed by atoms with Crippen LogP contribution >= 0.6 is 11.3 Å². The summed E-state index contributed by atoms with van der Waals surface area (Å²) in [6.45, 7) is 3.47. The van der Waals surface area contributed by atoms with E-state index in [0.717, 1.165) is 17.0 Å². The van der Waals surface area contributed by atoms with E-state index in [0.29, 0.717) is 12.0 Å². The van der Waals surface area contributed by atoms with E-state index < -0.39 is 16.0 Å². The third-order valence-electron chi connectivity index (χ3n) is 2.61. The second kappa shape index (κ2) is 5.25. The van der Waals surface area contributed by atoms with Crippen molar-refractivity contribution in [3.8, 4) is 0 Å². The summed E-state index contributed by atoms with van der Waals surface area (Å²) in [5.74, 6) is -0.952. The van der Waals surface area contributed by atoms with Gasteiger partial charge in [-0.05, 0) is 25.0 Å². The Bertz CT molecular complexity index is 746. The maximum absolute atomic E-state index is 12.1. The van der Waals surface area contributed by atoms with Gasteiger partial charge in [-0.15, -0.1) is 11.3 Å². The third-order valence-corrected chi connectivity index (χ3v) is 5.66. The molecule has 0 aliphatic heterocycles. The molecule has 9 heteroatoms. The summed E-state index contributed by atoms with van der Waals surface area (Å²) in [5.41, 5.74) is 1.22. The number of nitrogens with one attached hydrogen (secondary N) is 2. The molecule has 0 spiro atoms. The summed E-state index contributed by atoms with van der Waals surface area (Å²) in [6.07, 6.45) is 0.704. The highest BCUT2D eigenvalue weighted by Gasteiger charge is 2.22. The predicted octanol–water partition coefficient (Wildman–Crippen LogP) is 1.84. The zero-order valence-corrected chi connectivity index (χ0v) is 12.4. The van der Waals surface area contributed by atoms with Crippen molar-refractivity contribution in [1.29, 1.82) is 0 Å². The Balaban J connectivity index is 2.30. The van der Waals surface area contributed by atoms with E-state index in [1.807, 2.05) is 6.92 Å². The first-order chi connectivity index (χ1) is 9.33. The summed E-state index contributed by atoms with van der Waals surface area (Å²) < 4.78 is 26.5. The van der Waals surface area contributed by atoms with E-state index in [9.17, 15) is 13.2 Å². The number of thiophene rings is 1. The molecule has 3 N–H and O–H groups in total. The van der Waals surface area contributed by atoms with Gasteiger partial charge < -0.3 is 5.11 Å². The average Bonchev–Trinajstić information content (AvgIpc) is 2.95.